The molecule has 0 aliphatic carbocycles. The van der Waals surface area contributed by atoms with E-state index in [2.05, 4.69) is 15.0 Å². The Balaban J connectivity index is 3.55. The summed E-state index contributed by atoms with van der Waals surface area (Å²) in [6.07, 6.45) is 0. The van der Waals surface area contributed by atoms with E-state index in [9.17, 15) is 9.59 Å². The zero-order valence-corrected chi connectivity index (χ0v) is 15.2. The molecule has 0 bridgehead atoms. The minimum absolute atomic E-state index is 0.0695. The van der Waals surface area contributed by atoms with Crippen LogP contribution in [0.4, 0.5) is 0 Å². The summed E-state index contributed by atoms with van der Waals surface area (Å²) in [7, 11) is 0. The Hall–Kier alpha value is -1.65. The maximum absolute atomic E-state index is 12.5. The number of rotatable bonds is 2. The quantitative estimate of drug-likeness (QED) is 0.780. The fourth-order valence-corrected chi connectivity index (χ4v) is 1.59. The highest BCUT2D eigenvalue weighted by Gasteiger charge is 2.32. The predicted molar refractivity (Wildman–Crippen MR) is 86.1 cm³/mol. The number of Topliss-reactive ketones (excluding diaryl/α,β-unsaturated/α-hetero) is 2. The molecule has 1 rings (SSSR count). The monoisotopic (exact) mass is 305 g/mol. The molecule has 0 atom stereocenters. The van der Waals surface area contributed by atoms with Crippen molar-refractivity contribution in [3.8, 4) is 0 Å². The van der Waals surface area contributed by atoms with Gasteiger partial charge in [0.1, 0.15) is 5.82 Å². The molecule has 0 spiro atoms. The lowest BCUT2D eigenvalue weighted by molar-refractivity contribution is 0.0834. The van der Waals surface area contributed by atoms with Crippen LogP contribution in [0.5, 0.6) is 0 Å². The van der Waals surface area contributed by atoms with Gasteiger partial charge in [-0.05, 0) is 0 Å². The minimum Gasteiger partial charge on any atom is -0.290 e. The van der Waals surface area contributed by atoms with E-state index < -0.39 is 10.8 Å². The van der Waals surface area contributed by atoms with Crippen molar-refractivity contribution in [3.05, 3.63) is 17.5 Å². The maximum Gasteiger partial charge on any atom is 0.205 e. The van der Waals surface area contributed by atoms with E-state index in [1.165, 1.54) is 0 Å². The summed E-state index contributed by atoms with van der Waals surface area (Å²) >= 11 is 0. The smallest absolute Gasteiger partial charge is 0.205 e. The molecule has 0 aliphatic heterocycles. The van der Waals surface area contributed by atoms with Gasteiger partial charge in [0.05, 0.1) is 0 Å². The van der Waals surface area contributed by atoms with Crippen molar-refractivity contribution in [2.75, 3.05) is 0 Å². The van der Waals surface area contributed by atoms with Crippen LogP contribution in [0.1, 0.15) is 89.4 Å². The summed E-state index contributed by atoms with van der Waals surface area (Å²) in [6.45, 7) is 16.7. The van der Waals surface area contributed by atoms with Gasteiger partial charge >= 0.3 is 0 Å². The summed E-state index contributed by atoms with van der Waals surface area (Å²) in [6, 6.07) is 0. The third-order valence-electron chi connectivity index (χ3n) is 3.07. The van der Waals surface area contributed by atoms with Crippen LogP contribution in [0.2, 0.25) is 0 Å². The Morgan fingerprint density at radius 2 is 0.955 bits per heavy atom. The molecular weight excluding hydrogens is 278 g/mol. The number of hydrogen-bond acceptors (Lipinski definition) is 5. The first-order valence-corrected chi connectivity index (χ1v) is 7.50. The van der Waals surface area contributed by atoms with Crippen molar-refractivity contribution in [2.24, 2.45) is 10.8 Å². The second-order valence-electron chi connectivity index (χ2n) is 8.71. The van der Waals surface area contributed by atoms with Gasteiger partial charge in [0, 0.05) is 16.2 Å². The summed E-state index contributed by atoms with van der Waals surface area (Å²) in [4.78, 5) is 37.8. The molecule has 1 aromatic rings. The van der Waals surface area contributed by atoms with Crippen molar-refractivity contribution in [3.63, 3.8) is 0 Å². The topological polar surface area (TPSA) is 72.8 Å². The van der Waals surface area contributed by atoms with E-state index >= 15 is 0 Å². The Morgan fingerprint density at radius 1 is 0.636 bits per heavy atom. The van der Waals surface area contributed by atoms with Crippen molar-refractivity contribution in [2.45, 2.75) is 67.7 Å². The molecule has 0 aliphatic rings. The zero-order valence-electron chi connectivity index (χ0n) is 15.2. The van der Waals surface area contributed by atoms with E-state index in [0.717, 1.165) is 0 Å². The molecule has 0 unspecified atom stereocenters. The standard InChI is InChI=1S/C17H27N3O2/c1-15(2,3)10(21)12-18-13(11(22)16(4,5)6)20-14(19-12)17(7,8)9/h1-9H3. The summed E-state index contributed by atoms with van der Waals surface area (Å²) in [5.74, 6) is 0.217. The molecule has 0 radical (unpaired) electrons. The number of carbonyl (C=O) groups is 2. The third kappa shape index (κ3) is 4.18. The average molecular weight is 305 g/mol. The molecule has 1 aromatic heterocycles. The molecule has 5 nitrogen and oxygen atoms in total. The largest absolute Gasteiger partial charge is 0.290 e. The van der Waals surface area contributed by atoms with E-state index in [-0.39, 0.29) is 28.6 Å². The average Bonchev–Trinajstić information content (AvgIpc) is 2.33. The molecular formula is C17H27N3O2. The molecule has 0 amide bonds. The highest BCUT2D eigenvalue weighted by molar-refractivity contribution is 5.99. The summed E-state index contributed by atoms with van der Waals surface area (Å²) in [5.41, 5.74) is -1.60. The van der Waals surface area contributed by atoms with E-state index in [1.54, 1.807) is 41.5 Å². The molecule has 0 aromatic carbocycles. The van der Waals surface area contributed by atoms with Crippen LogP contribution in [0.3, 0.4) is 0 Å². The van der Waals surface area contributed by atoms with Crippen molar-refractivity contribution in [1.29, 1.82) is 0 Å². The summed E-state index contributed by atoms with van der Waals surface area (Å²) in [5, 5.41) is 0. The van der Waals surface area contributed by atoms with Gasteiger partial charge in [-0.15, -0.1) is 0 Å². The van der Waals surface area contributed by atoms with Crippen LogP contribution in [0.25, 0.3) is 0 Å². The second-order valence-corrected chi connectivity index (χ2v) is 8.71. The van der Waals surface area contributed by atoms with Crippen LogP contribution in [0, 0.1) is 10.8 Å². The first-order valence-electron chi connectivity index (χ1n) is 7.50. The lowest BCUT2D eigenvalue weighted by Crippen LogP contribution is -2.30. The maximum atomic E-state index is 12.5. The zero-order chi connectivity index (χ0) is 17.5. The second kappa shape index (κ2) is 5.52. The fourth-order valence-electron chi connectivity index (χ4n) is 1.59. The SMILES string of the molecule is CC(C)(C)C(=O)c1nc(C(=O)C(C)(C)C)nc(C(C)(C)C)n1. The fraction of sp³-hybridized carbons (Fsp3) is 0.706. The Kier molecular flexibility index (Phi) is 4.62. The third-order valence-corrected chi connectivity index (χ3v) is 3.07. The minimum atomic E-state index is -0.613. The normalized spacial score (nSPS) is 13.1. The number of ketones is 2. The van der Waals surface area contributed by atoms with Crippen LogP contribution >= 0.6 is 0 Å². The van der Waals surface area contributed by atoms with E-state index in [1.807, 2.05) is 20.8 Å². The summed E-state index contributed by atoms with van der Waals surface area (Å²) < 4.78 is 0. The molecule has 0 N–H and O–H groups in total. The lowest BCUT2D eigenvalue weighted by Gasteiger charge is -2.22. The van der Waals surface area contributed by atoms with Gasteiger partial charge in [-0.2, -0.15) is 0 Å². The Bertz CT molecular complexity index is 556. The van der Waals surface area contributed by atoms with E-state index in [0.29, 0.717) is 5.82 Å². The molecule has 5 heteroatoms. The molecule has 22 heavy (non-hydrogen) atoms. The van der Waals surface area contributed by atoms with Gasteiger partial charge < -0.3 is 0 Å². The van der Waals surface area contributed by atoms with Gasteiger partial charge in [-0.25, -0.2) is 15.0 Å². The lowest BCUT2D eigenvalue weighted by atomic mass is 9.88. The molecule has 0 saturated heterocycles. The molecule has 0 fully saturated rings. The first-order chi connectivity index (χ1) is 9.64. The number of nitrogens with zero attached hydrogens (tertiary/aromatic N) is 3. The first kappa shape index (κ1) is 18.4. The highest BCUT2D eigenvalue weighted by Crippen LogP contribution is 2.24. The highest BCUT2D eigenvalue weighted by atomic mass is 16.1. The van der Waals surface area contributed by atoms with Crippen LogP contribution in [0.15, 0.2) is 0 Å². The number of hydrogen-bond donors (Lipinski definition) is 0. The van der Waals surface area contributed by atoms with Gasteiger partial charge in [0.15, 0.2) is 11.6 Å². The van der Waals surface area contributed by atoms with Crippen molar-refractivity contribution >= 4 is 11.6 Å². The van der Waals surface area contributed by atoms with Crippen LogP contribution < -0.4 is 0 Å². The van der Waals surface area contributed by atoms with Crippen molar-refractivity contribution < 1.29 is 9.59 Å². The Labute approximate surface area is 133 Å². The van der Waals surface area contributed by atoms with E-state index in [4.69, 9.17) is 0 Å². The van der Waals surface area contributed by atoms with Gasteiger partial charge in [0.2, 0.25) is 11.6 Å². The van der Waals surface area contributed by atoms with Crippen molar-refractivity contribution in [1.82, 2.24) is 15.0 Å². The van der Waals surface area contributed by atoms with Crippen LogP contribution in [-0.2, 0) is 5.41 Å². The molecule has 1 heterocycles. The molecule has 122 valence electrons. The predicted octanol–water partition coefficient (Wildman–Crippen LogP) is 3.63. The van der Waals surface area contributed by atoms with Crippen LogP contribution in [-0.4, -0.2) is 26.5 Å². The van der Waals surface area contributed by atoms with Gasteiger partial charge in [-0.3, -0.25) is 9.59 Å². The van der Waals surface area contributed by atoms with Gasteiger partial charge in [0.25, 0.3) is 0 Å². The number of carbonyl (C=O) groups excluding carboxylic acids is 2. The number of aromatic nitrogens is 3. The van der Waals surface area contributed by atoms with Gasteiger partial charge in [-0.1, -0.05) is 62.3 Å². The Morgan fingerprint density at radius 3 is 1.18 bits per heavy atom. The molecule has 0 saturated carbocycles.